The van der Waals surface area contributed by atoms with Crippen LogP contribution in [0.4, 0.5) is 0 Å². The summed E-state index contributed by atoms with van der Waals surface area (Å²) in [5.41, 5.74) is 3.65. The number of pyridine rings is 1. The molecule has 3 rings (SSSR count). The normalized spacial score (nSPS) is 10.4. The van der Waals surface area contributed by atoms with E-state index in [2.05, 4.69) is 6.07 Å². The number of benzene rings is 1. The average Bonchev–Trinajstić information content (AvgIpc) is 2.90. The Bertz CT molecular complexity index is 870. The fraction of sp³-hybridized carbons (Fsp3) is 0.111. The summed E-state index contributed by atoms with van der Waals surface area (Å²) in [5.74, 6) is -0.390. The molecule has 1 aromatic carbocycles. The first-order chi connectivity index (χ1) is 10.7. The van der Waals surface area contributed by atoms with Gasteiger partial charge < -0.3 is 9.14 Å². The van der Waals surface area contributed by atoms with Crippen LogP contribution >= 0.6 is 0 Å². The van der Waals surface area contributed by atoms with Crippen molar-refractivity contribution in [3.8, 4) is 6.07 Å². The lowest BCUT2D eigenvalue weighted by atomic mass is 10.1. The van der Waals surface area contributed by atoms with Gasteiger partial charge in [0.05, 0.1) is 16.6 Å². The maximum atomic E-state index is 12.0. The first-order valence-corrected chi connectivity index (χ1v) is 6.91. The van der Waals surface area contributed by atoms with Crippen molar-refractivity contribution in [2.75, 3.05) is 0 Å². The molecule has 0 N–H and O–H groups in total. The van der Waals surface area contributed by atoms with Crippen molar-refractivity contribution in [2.45, 2.75) is 13.5 Å². The van der Waals surface area contributed by atoms with Crippen molar-refractivity contribution < 1.29 is 9.53 Å². The summed E-state index contributed by atoms with van der Waals surface area (Å²) < 4.78 is 7.18. The van der Waals surface area contributed by atoms with E-state index in [1.54, 1.807) is 12.1 Å². The largest absolute Gasteiger partial charge is 0.457 e. The summed E-state index contributed by atoms with van der Waals surface area (Å²) in [7, 11) is 0. The summed E-state index contributed by atoms with van der Waals surface area (Å²) >= 11 is 0. The minimum absolute atomic E-state index is 0.0806. The van der Waals surface area contributed by atoms with Gasteiger partial charge >= 0.3 is 5.97 Å². The van der Waals surface area contributed by atoms with E-state index in [1.807, 2.05) is 54.0 Å². The zero-order valence-corrected chi connectivity index (χ0v) is 12.1. The number of rotatable bonds is 3. The molecule has 0 unspecified atom stereocenters. The number of ether oxygens (including phenoxy) is 1. The van der Waals surface area contributed by atoms with Crippen LogP contribution < -0.4 is 0 Å². The fourth-order valence-corrected chi connectivity index (χ4v) is 2.33. The van der Waals surface area contributed by atoms with Crippen molar-refractivity contribution in [3.63, 3.8) is 0 Å². The van der Waals surface area contributed by atoms with Crippen molar-refractivity contribution in [1.82, 2.24) is 4.40 Å². The van der Waals surface area contributed by atoms with Crippen LogP contribution in [0, 0.1) is 18.3 Å². The van der Waals surface area contributed by atoms with Crippen molar-refractivity contribution in [2.24, 2.45) is 0 Å². The number of aryl methyl sites for hydroxylation is 1. The number of hydrogen-bond donors (Lipinski definition) is 0. The van der Waals surface area contributed by atoms with Gasteiger partial charge in [-0.1, -0.05) is 23.8 Å². The molecule has 0 radical (unpaired) electrons. The molecule has 0 aliphatic rings. The Labute approximate surface area is 128 Å². The van der Waals surface area contributed by atoms with Crippen molar-refractivity contribution >= 4 is 11.5 Å². The highest BCUT2D eigenvalue weighted by atomic mass is 16.5. The number of carbonyl (C=O) groups excluding carboxylic acids is 1. The lowest BCUT2D eigenvalue weighted by molar-refractivity contribution is 0.0472. The second-order valence-corrected chi connectivity index (χ2v) is 5.08. The summed E-state index contributed by atoms with van der Waals surface area (Å²) in [5, 5.41) is 9.31. The maximum Gasteiger partial charge on any atom is 0.338 e. The average molecular weight is 290 g/mol. The van der Waals surface area contributed by atoms with Crippen LogP contribution in [0.15, 0.2) is 54.9 Å². The second kappa shape index (κ2) is 5.74. The molecule has 3 aromatic rings. The Morgan fingerprint density at radius 2 is 2.00 bits per heavy atom. The van der Waals surface area contributed by atoms with E-state index in [4.69, 9.17) is 4.74 Å². The van der Waals surface area contributed by atoms with E-state index >= 15 is 0 Å². The van der Waals surface area contributed by atoms with E-state index in [1.165, 1.54) is 0 Å². The molecule has 0 fully saturated rings. The zero-order chi connectivity index (χ0) is 15.5. The van der Waals surface area contributed by atoms with Crippen LogP contribution in [0.5, 0.6) is 0 Å². The number of fused-ring (bicyclic) bond motifs is 1. The summed E-state index contributed by atoms with van der Waals surface area (Å²) in [6.07, 6.45) is 3.68. The van der Waals surface area contributed by atoms with Gasteiger partial charge in [-0.25, -0.2) is 4.79 Å². The van der Waals surface area contributed by atoms with Gasteiger partial charge in [0, 0.05) is 18.0 Å². The van der Waals surface area contributed by atoms with E-state index in [0.717, 1.165) is 11.1 Å². The number of nitrogens with zero attached hydrogens (tertiary/aromatic N) is 2. The molecule has 22 heavy (non-hydrogen) atoms. The zero-order valence-electron chi connectivity index (χ0n) is 12.1. The molecule has 0 spiro atoms. The predicted molar refractivity (Wildman–Crippen MR) is 82.4 cm³/mol. The molecule has 4 heteroatoms. The minimum atomic E-state index is -0.390. The Kier molecular flexibility index (Phi) is 3.63. The van der Waals surface area contributed by atoms with E-state index in [9.17, 15) is 10.1 Å². The highest BCUT2D eigenvalue weighted by molar-refractivity contribution is 5.89. The number of aromatic nitrogens is 1. The van der Waals surface area contributed by atoms with Crippen LogP contribution in [0.3, 0.4) is 0 Å². The van der Waals surface area contributed by atoms with E-state index in [0.29, 0.717) is 16.7 Å². The molecule has 0 saturated carbocycles. The molecule has 108 valence electrons. The molecule has 4 nitrogen and oxygen atoms in total. The number of nitriles is 1. The first kappa shape index (κ1) is 13.9. The third kappa shape index (κ3) is 2.57. The van der Waals surface area contributed by atoms with Gasteiger partial charge in [-0.3, -0.25) is 0 Å². The lowest BCUT2D eigenvalue weighted by Crippen LogP contribution is -2.05. The molecule has 2 aromatic heterocycles. The third-order valence-corrected chi connectivity index (χ3v) is 3.52. The Morgan fingerprint density at radius 3 is 2.73 bits per heavy atom. The first-order valence-electron chi connectivity index (χ1n) is 6.91. The van der Waals surface area contributed by atoms with E-state index in [-0.39, 0.29) is 12.6 Å². The van der Waals surface area contributed by atoms with Gasteiger partial charge in [0.15, 0.2) is 0 Å². The Morgan fingerprint density at radius 1 is 1.23 bits per heavy atom. The SMILES string of the molecule is Cc1ccc(C(=O)OCc2cn3ccccc3c2C#N)cc1. The molecular formula is C18H14N2O2. The molecule has 0 saturated heterocycles. The maximum absolute atomic E-state index is 12.0. The number of esters is 1. The minimum Gasteiger partial charge on any atom is -0.457 e. The molecule has 0 aliphatic carbocycles. The van der Waals surface area contributed by atoms with Gasteiger partial charge in [0.25, 0.3) is 0 Å². The smallest absolute Gasteiger partial charge is 0.338 e. The van der Waals surface area contributed by atoms with Gasteiger partial charge in [-0.15, -0.1) is 0 Å². The number of hydrogen-bond acceptors (Lipinski definition) is 3. The highest BCUT2D eigenvalue weighted by Crippen LogP contribution is 2.19. The van der Waals surface area contributed by atoms with Crippen LogP contribution in [0.2, 0.25) is 0 Å². The van der Waals surface area contributed by atoms with Gasteiger partial charge in [-0.05, 0) is 31.2 Å². The van der Waals surface area contributed by atoms with Crippen LogP contribution in [0.25, 0.3) is 5.52 Å². The van der Waals surface area contributed by atoms with E-state index < -0.39 is 0 Å². The van der Waals surface area contributed by atoms with Crippen LogP contribution in [0.1, 0.15) is 27.0 Å². The standard InChI is InChI=1S/C18H14N2O2/c1-13-5-7-14(8-6-13)18(21)22-12-15-11-20-9-3-2-4-17(20)16(15)10-19/h2-9,11H,12H2,1H3. The van der Waals surface area contributed by atoms with Crippen LogP contribution in [-0.4, -0.2) is 10.4 Å². The molecule has 0 bridgehead atoms. The third-order valence-electron chi connectivity index (χ3n) is 3.52. The predicted octanol–water partition coefficient (Wildman–Crippen LogP) is 3.48. The lowest BCUT2D eigenvalue weighted by Gasteiger charge is -2.04. The van der Waals surface area contributed by atoms with Gasteiger partial charge in [-0.2, -0.15) is 5.26 Å². The fourth-order valence-electron chi connectivity index (χ4n) is 2.33. The molecular weight excluding hydrogens is 276 g/mol. The second-order valence-electron chi connectivity index (χ2n) is 5.08. The monoisotopic (exact) mass is 290 g/mol. The summed E-state index contributed by atoms with van der Waals surface area (Å²) in [6, 6.07) is 15.0. The topological polar surface area (TPSA) is 54.5 Å². The highest BCUT2D eigenvalue weighted by Gasteiger charge is 2.13. The molecule has 0 aliphatic heterocycles. The molecule has 0 atom stereocenters. The van der Waals surface area contributed by atoms with Crippen molar-refractivity contribution in [1.29, 1.82) is 5.26 Å². The van der Waals surface area contributed by atoms with Gasteiger partial charge in [0.2, 0.25) is 0 Å². The quantitative estimate of drug-likeness (QED) is 0.694. The van der Waals surface area contributed by atoms with Crippen molar-refractivity contribution in [3.05, 3.63) is 77.1 Å². The summed E-state index contributed by atoms with van der Waals surface area (Å²) in [4.78, 5) is 12.0. The van der Waals surface area contributed by atoms with Gasteiger partial charge in [0.1, 0.15) is 12.7 Å². The number of carbonyl (C=O) groups is 1. The molecule has 0 amide bonds. The summed E-state index contributed by atoms with van der Waals surface area (Å²) in [6.45, 7) is 2.04. The molecule has 2 heterocycles. The Hall–Kier alpha value is -3.06. The van der Waals surface area contributed by atoms with Crippen LogP contribution in [-0.2, 0) is 11.3 Å². The Balaban J connectivity index is 1.81.